The molecule has 0 bridgehead atoms. The lowest BCUT2D eigenvalue weighted by Gasteiger charge is -2.02. The van der Waals surface area contributed by atoms with Crippen molar-refractivity contribution in [2.75, 3.05) is 0 Å². The highest BCUT2D eigenvalue weighted by atomic mass is 16.1. The van der Waals surface area contributed by atoms with E-state index in [4.69, 9.17) is 0 Å². The molecule has 2 atom stereocenters. The Bertz CT molecular complexity index is 552. The van der Waals surface area contributed by atoms with E-state index in [9.17, 15) is 4.79 Å². The molecule has 1 aliphatic carbocycles. The average molecular weight is 202 g/mol. The van der Waals surface area contributed by atoms with Gasteiger partial charge in [-0.25, -0.2) is 0 Å². The second-order valence-electron chi connectivity index (χ2n) is 4.55. The molecule has 2 aromatic rings. The first-order chi connectivity index (χ1) is 7.25. The second-order valence-corrected chi connectivity index (χ2v) is 4.55. The predicted molar refractivity (Wildman–Crippen MR) is 59.8 cm³/mol. The van der Waals surface area contributed by atoms with Crippen molar-refractivity contribution in [1.82, 2.24) is 9.55 Å². The minimum absolute atomic E-state index is 0.0193. The number of pyridine rings is 1. The quantitative estimate of drug-likeness (QED) is 0.794. The van der Waals surface area contributed by atoms with E-state index >= 15 is 0 Å². The fourth-order valence-corrected chi connectivity index (χ4v) is 2.22. The van der Waals surface area contributed by atoms with Gasteiger partial charge in [-0.1, -0.05) is 6.92 Å². The van der Waals surface area contributed by atoms with Crippen LogP contribution >= 0.6 is 0 Å². The van der Waals surface area contributed by atoms with Crippen LogP contribution in [0.1, 0.15) is 13.3 Å². The monoisotopic (exact) mass is 202 g/mol. The molecule has 78 valence electrons. The van der Waals surface area contributed by atoms with Crippen LogP contribution in [-0.4, -0.2) is 9.55 Å². The summed E-state index contributed by atoms with van der Waals surface area (Å²) in [6.07, 6.45) is 5.02. The van der Waals surface area contributed by atoms with Gasteiger partial charge in [-0.15, -0.1) is 0 Å². The van der Waals surface area contributed by atoms with E-state index in [-0.39, 0.29) is 5.56 Å². The zero-order valence-corrected chi connectivity index (χ0v) is 8.73. The van der Waals surface area contributed by atoms with Crippen LogP contribution < -0.4 is 5.56 Å². The lowest BCUT2D eigenvalue weighted by Crippen LogP contribution is -2.10. The van der Waals surface area contributed by atoms with Gasteiger partial charge in [0.05, 0.1) is 0 Å². The van der Waals surface area contributed by atoms with Crippen molar-refractivity contribution in [3.05, 3.63) is 34.9 Å². The summed E-state index contributed by atoms with van der Waals surface area (Å²) in [4.78, 5) is 14.4. The van der Waals surface area contributed by atoms with E-state index in [1.54, 1.807) is 6.20 Å². The number of hydrogen-bond donors (Lipinski definition) is 1. The predicted octanol–water partition coefficient (Wildman–Crippen LogP) is 1.99. The maximum atomic E-state index is 11.7. The lowest BCUT2D eigenvalue weighted by atomic mass is 10.3. The summed E-state index contributed by atoms with van der Waals surface area (Å²) in [6, 6.07) is 3.96. The number of H-pyrrole nitrogens is 1. The zero-order chi connectivity index (χ0) is 10.4. The first kappa shape index (κ1) is 8.77. The van der Waals surface area contributed by atoms with Crippen molar-refractivity contribution >= 4 is 10.9 Å². The molecule has 3 nitrogen and oxygen atoms in total. The fraction of sp³-hybridized carbons (Fsp3) is 0.417. The van der Waals surface area contributed by atoms with Crippen LogP contribution in [0.25, 0.3) is 10.9 Å². The van der Waals surface area contributed by atoms with Crippen LogP contribution in [0.2, 0.25) is 0 Å². The summed E-state index contributed by atoms with van der Waals surface area (Å²) >= 11 is 0. The van der Waals surface area contributed by atoms with Gasteiger partial charge in [-0.3, -0.25) is 4.79 Å². The standard InChI is InChI=1S/C12H14N2O/c1-8-6-10(8)7-14-5-3-9-2-4-13-12(15)11(9)14/h2-5,8,10H,6-7H2,1H3,(H,13,15). The van der Waals surface area contributed by atoms with Crippen LogP contribution in [0.4, 0.5) is 0 Å². The lowest BCUT2D eigenvalue weighted by molar-refractivity contribution is 0.608. The van der Waals surface area contributed by atoms with Crippen molar-refractivity contribution in [2.45, 2.75) is 19.9 Å². The number of fused-ring (bicyclic) bond motifs is 1. The van der Waals surface area contributed by atoms with Gasteiger partial charge in [0.1, 0.15) is 5.52 Å². The molecule has 3 rings (SSSR count). The van der Waals surface area contributed by atoms with Crippen LogP contribution in [0, 0.1) is 11.8 Å². The van der Waals surface area contributed by atoms with E-state index in [2.05, 4.69) is 16.5 Å². The van der Waals surface area contributed by atoms with E-state index in [0.29, 0.717) is 0 Å². The smallest absolute Gasteiger partial charge is 0.272 e. The maximum absolute atomic E-state index is 11.7. The number of nitrogens with zero attached hydrogens (tertiary/aromatic N) is 1. The van der Waals surface area contributed by atoms with E-state index in [0.717, 1.165) is 29.3 Å². The van der Waals surface area contributed by atoms with Gasteiger partial charge in [-0.05, 0) is 30.4 Å². The second kappa shape index (κ2) is 2.99. The van der Waals surface area contributed by atoms with Gasteiger partial charge in [0, 0.05) is 24.3 Å². The molecule has 2 aromatic heterocycles. The first-order valence-electron chi connectivity index (χ1n) is 5.42. The average Bonchev–Trinajstić information content (AvgIpc) is 2.75. The highest BCUT2D eigenvalue weighted by Gasteiger charge is 2.32. The SMILES string of the molecule is CC1CC1Cn1ccc2cc[nH]c(=O)c21. The van der Waals surface area contributed by atoms with Crippen LogP contribution in [-0.2, 0) is 6.54 Å². The molecule has 15 heavy (non-hydrogen) atoms. The highest BCUT2D eigenvalue weighted by molar-refractivity contribution is 5.78. The highest BCUT2D eigenvalue weighted by Crippen LogP contribution is 2.39. The molecule has 0 aromatic carbocycles. The van der Waals surface area contributed by atoms with Crippen LogP contribution in [0.5, 0.6) is 0 Å². The Kier molecular flexibility index (Phi) is 1.75. The molecule has 1 aliphatic rings. The topological polar surface area (TPSA) is 37.8 Å². The van der Waals surface area contributed by atoms with Crippen molar-refractivity contribution in [2.24, 2.45) is 11.8 Å². The van der Waals surface area contributed by atoms with E-state index in [1.807, 2.05) is 18.3 Å². The normalized spacial score (nSPS) is 24.6. The molecule has 0 aliphatic heterocycles. The van der Waals surface area contributed by atoms with Crippen molar-refractivity contribution in [3.63, 3.8) is 0 Å². The number of aromatic amines is 1. The fourth-order valence-electron chi connectivity index (χ4n) is 2.22. The molecule has 3 heteroatoms. The molecule has 1 saturated carbocycles. The van der Waals surface area contributed by atoms with Gasteiger partial charge < -0.3 is 9.55 Å². The third-order valence-electron chi connectivity index (χ3n) is 3.39. The molecule has 2 unspecified atom stereocenters. The molecule has 1 fully saturated rings. The first-order valence-corrected chi connectivity index (χ1v) is 5.42. The number of nitrogens with one attached hydrogen (secondary N) is 1. The van der Waals surface area contributed by atoms with Gasteiger partial charge in [0.2, 0.25) is 0 Å². The number of aromatic nitrogens is 2. The molecule has 1 N–H and O–H groups in total. The summed E-state index contributed by atoms with van der Waals surface area (Å²) in [5.74, 6) is 1.59. The Labute approximate surface area is 87.7 Å². The number of rotatable bonds is 2. The molecule has 2 heterocycles. The Hall–Kier alpha value is -1.51. The van der Waals surface area contributed by atoms with Crippen LogP contribution in [0.15, 0.2) is 29.3 Å². The van der Waals surface area contributed by atoms with Gasteiger partial charge in [-0.2, -0.15) is 0 Å². The third kappa shape index (κ3) is 1.39. The van der Waals surface area contributed by atoms with Gasteiger partial charge >= 0.3 is 0 Å². The Morgan fingerprint density at radius 3 is 3.07 bits per heavy atom. The third-order valence-corrected chi connectivity index (χ3v) is 3.39. The maximum Gasteiger partial charge on any atom is 0.272 e. The molecular weight excluding hydrogens is 188 g/mol. The number of hydrogen-bond acceptors (Lipinski definition) is 1. The molecule has 0 amide bonds. The van der Waals surface area contributed by atoms with Crippen molar-refractivity contribution < 1.29 is 0 Å². The van der Waals surface area contributed by atoms with Crippen molar-refractivity contribution in [1.29, 1.82) is 0 Å². The summed E-state index contributed by atoms with van der Waals surface area (Å²) < 4.78 is 2.09. The Morgan fingerprint density at radius 1 is 1.53 bits per heavy atom. The minimum atomic E-state index is 0.0193. The Balaban J connectivity index is 2.07. The largest absolute Gasteiger partial charge is 0.343 e. The zero-order valence-electron chi connectivity index (χ0n) is 8.73. The summed E-state index contributed by atoms with van der Waals surface area (Å²) in [6.45, 7) is 3.25. The van der Waals surface area contributed by atoms with Crippen LogP contribution in [0.3, 0.4) is 0 Å². The molecule has 0 radical (unpaired) electrons. The van der Waals surface area contributed by atoms with Gasteiger partial charge in [0.25, 0.3) is 5.56 Å². The molecule has 0 saturated heterocycles. The molecular formula is C12H14N2O. The van der Waals surface area contributed by atoms with E-state index in [1.165, 1.54) is 6.42 Å². The summed E-state index contributed by atoms with van der Waals surface area (Å²) in [5, 5.41) is 1.03. The molecule has 0 spiro atoms. The summed E-state index contributed by atoms with van der Waals surface area (Å²) in [5.41, 5.74) is 0.836. The van der Waals surface area contributed by atoms with Crippen molar-refractivity contribution in [3.8, 4) is 0 Å². The van der Waals surface area contributed by atoms with Gasteiger partial charge in [0.15, 0.2) is 0 Å². The summed E-state index contributed by atoms with van der Waals surface area (Å²) in [7, 11) is 0. The minimum Gasteiger partial charge on any atom is -0.343 e. The Morgan fingerprint density at radius 2 is 2.33 bits per heavy atom. The van der Waals surface area contributed by atoms with E-state index < -0.39 is 0 Å².